The quantitative estimate of drug-likeness (QED) is 0.731. The summed E-state index contributed by atoms with van der Waals surface area (Å²) in [5.74, 6) is -4.05. The van der Waals surface area contributed by atoms with Crippen molar-refractivity contribution in [2.75, 3.05) is 5.32 Å². The van der Waals surface area contributed by atoms with E-state index in [2.05, 4.69) is 5.32 Å². The van der Waals surface area contributed by atoms with Crippen molar-refractivity contribution >= 4 is 17.2 Å². The Balaban J connectivity index is 1.95. The van der Waals surface area contributed by atoms with Crippen LogP contribution in [0.15, 0.2) is 54.7 Å². The zero-order valence-corrected chi connectivity index (χ0v) is 13.0. The largest absolute Gasteiger partial charge is 0.476 e. The van der Waals surface area contributed by atoms with Gasteiger partial charge in [0.2, 0.25) is 0 Å². The van der Waals surface area contributed by atoms with Gasteiger partial charge in [-0.25, -0.2) is 13.6 Å². The van der Waals surface area contributed by atoms with Gasteiger partial charge in [-0.1, -0.05) is 24.3 Å². The van der Waals surface area contributed by atoms with Crippen molar-refractivity contribution in [2.24, 2.45) is 0 Å². The summed E-state index contributed by atoms with van der Waals surface area (Å²) in [6.07, 6.45) is 1.65. The number of aromatic nitrogens is 1. The molecule has 0 saturated carbocycles. The number of benzene rings is 1. The lowest BCUT2D eigenvalue weighted by Crippen LogP contribution is -2.15. The summed E-state index contributed by atoms with van der Waals surface area (Å²) in [5, 5.41) is 12.5. The van der Waals surface area contributed by atoms with Crippen LogP contribution in [0.1, 0.15) is 28.5 Å². The third-order valence-electron chi connectivity index (χ3n) is 3.86. The molecule has 0 aliphatic heterocycles. The molecule has 4 nitrogen and oxygen atoms in total. The van der Waals surface area contributed by atoms with Crippen LogP contribution in [0.25, 0.3) is 5.52 Å². The number of carboxylic acid groups (broad SMARTS) is 1. The first-order valence-electron chi connectivity index (χ1n) is 7.41. The van der Waals surface area contributed by atoms with E-state index in [1.807, 2.05) is 0 Å². The minimum atomic E-state index is -2.96. The van der Waals surface area contributed by atoms with Crippen LogP contribution in [-0.4, -0.2) is 15.5 Å². The van der Waals surface area contributed by atoms with E-state index in [9.17, 15) is 18.7 Å². The van der Waals surface area contributed by atoms with Gasteiger partial charge >= 0.3 is 5.97 Å². The number of rotatable bonds is 5. The number of hydrogen-bond acceptors (Lipinski definition) is 2. The molecule has 0 radical (unpaired) electrons. The van der Waals surface area contributed by atoms with Gasteiger partial charge in [-0.15, -0.1) is 0 Å². The maximum atomic E-state index is 13.7. The highest BCUT2D eigenvalue weighted by Crippen LogP contribution is 2.30. The van der Waals surface area contributed by atoms with Crippen LogP contribution >= 0.6 is 0 Å². The number of aromatic carboxylic acids is 1. The number of nitrogens with zero attached hydrogens (tertiary/aromatic N) is 1. The molecule has 0 aliphatic carbocycles. The standard InChI is InChI=1S/C18H16F2N2O2/c1-18(19,20)14-7-3-2-5-12(14)11-21-15-9-8-13-6-4-10-22(13)16(15)17(23)24/h2-10,21H,11H2,1H3,(H,23,24). The van der Waals surface area contributed by atoms with E-state index in [0.717, 1.165) is 12.4 Å². The Labute approximate surface area is 137 Å². The van der Waals surface area contributed by atoms with Crippen LogP contribution in [-0.2, 0) is 12.5 Å². The second kappa shape index (κ2) is 5.96. The zero-order valence-electron chi connectivity index (χ0n) is 13.0. The summed E-state index contributed by atoms with van der Waals surface area (Å²) in [5.41, 5.74) is 1.54. The number of pyridine rings is 1. The number of fused-ring (bicyclic) bond motifs is 1. The predicted molar refractivity (Wildman–Crippen MR) is 87.7 cm³/mol. The van der Waals surface area contributed by atoms with Crippen molar-refractivity contribution < 1.29 is 18.7 Å². The van der Waals surface area contributed by atoms with Gasteiger partial charge in [-0.2, -0.15) is 0 Å². The van der Waals surface area contributed by atoms with Crippen molar-refractivity contribution in [3.8, 4) is 0 Å². The molecule has 3 rings (SSSR count). The van der Waals surface area contributed by atoms with Crippen LogP contribution in [0, 0.1) is 0 Å². The summed E-state index contributed by atoms with van der Waals surface area (Å²) in [6.45, 7) is 0.951. The third-order valence-corrected chi connectivity index (χ3v) is 3.86. The molecule has 0 bridgehead atoms. The molecule has 2 aromatic heterocycles. The molecule has 6 heteroatoms. The fourth-order valence-electron chi connectivity index (χ4n) is 2.77. The van der Waals surface area contributed by atoms with E-state index >= 15 is 0 Å². The van der Waals surface area contributed by atoms with Crippen LogP contribution in [0.2, 0.25) is 0 Å². The van der Waals surface area contributed by atoms with Gasteiger partial charge in [0.15, 0.2) is 5.69 Å². The Morgan fingerprint density at radius 1 is 1.17 bits per heavy atom. The first kappa shape index (κ1) is 16.0. The molecule has 1 aromatic carbocycles. The molecular formula is C18H16F2N2O2. The molecule has 0 atom stereocenters. The van der Waals surface area contributed by atoms with Gasteiger partial charge < -0.3 is 14.8 Å². The molecule has 124 valence electrons. The highest BCUT2D eigenvalue weighted by Gasteiger charge is 2.27. The number of halogens is 2. The highest BCUT2D eigenvalue weighted by atomic mass is 19.3. The number of nitrogens with one attached hydrogen (secondary N) is 1. The number of alkyl halides is 2. The van der Waals surface area contributed by atoms with E-state index < -0.39 is 11.9 Å². The molecule has 2 N–H and O–H groups in total. The number of carbonyl (C=O) groups is 1. The van der Waals surface area contributed by atoms with Gasteiger partial charge in [0.25, 0.3) is 5.92 Å². The molecule has 0 amide bonds. The lowest BCUT2D eigenvalue weighted by atomic mass is 10.0. The smallest absolute Gasteiger partial charge is 0.355 e. The molecular weight excluding hydrogens is 314 g/mol. The molecule has 2 heterocycles. The maximum absolute atomic E-state index is 13.7. The summed E-state index contributed by atoms with van der Waals surface area (Å²) in [4.78, 5) is 11.6. The maximum Gasteiger partial charge on any atom is 0.355 e. The molecule has 0 spiro atoms. The summed E-state index contributed by atoms with van der Waals surface area (Å²) < 4.78 is 28.9. The molecule has 24 heavy (non-hydrogen) atoms. The van der Waals surface area contributed by atoms with E-state index in [1.165, 1.54) is 6.07 Å². The lowest BCUT2D eigenvalue weighted by molar-refractivity contribution is 0.0166. The topological polar surface area (TPSA) is 53.7 Å². The lowest BCUT2D eigenvalue weighted by Gasteiger charge is -2.17. The SMILES string of the molecule is CC(F)(F)c1ccccc1CNc1ccc2cccn2c1C(=O)O. The number of hydrogen-bond donors (Lipinski definition) is 2. The van der Waals surface area contributed by atoms with Crippen molar-refractivity contribution in [1.29, 1.82) is 0 Å². The van der Waals surface area contributed by atoms with E-state index in [1.54, 1.807) is 53.1 Å². The van der Waals surface area contributed by atoms with Crippen molar-refractivity contribution in [2.45, 2.75) is 19.4 Å². The molecule has 0 saturated heterocycles. The fourth-order valence-corrected chi connectivity index (χ4v) is 2.77. The minimum absolute atomic E-state index is 0.0678. The molecule has 0 aliphatic rings. The number of carboxylic acids is 1. The van der Waals surface area contributed by atoms with Crippen LogP contribution in [0.3, 0.4) is 0 Å². The monoisotopic (exact) mass is 330 g/mol. The highest BCUT2D eigenvalue weighted by molar-refractivity contribution is 5.93. The van der Waals surface area contributed by atoms with Gasteiger partial charge in [-0.3, -0.25) is 0 Å². The average Bonchev–Trinajstić information content (AvgIpc) is 2.99. The molecule has 0 fully saturated rings. The van der Waals surface area contributed by atoms with E-state index in [4.69, 9.17) is 0 Å². The van der Waals surface area contributed by atoms with Crippen LogP contribution in [0.4, 0.5) is 14.5 Å². The summed E-state index contributed by atoms with van der Waals surface area (Å²) >= 11 is 0. The van der Waals surface area contributed by atoms with Gasteiger partial charge in [0.05, 0.1) is 5.69 Å². The average molecular weight is 330 g/mol. The zero-order chi connectivity index (χ0) is 17.3. The van der Waals surface area contributed by atoms with Crippen molar-refractivity contribution in [3.05, 3.63) is 71.5 Å². The Bertz CT molecular complexity index is 897. The predicted octanol–water partition coefficient (Wildman–Crippen LogP) is 4.36. The first-order valence-corrected chi connectivity index (χ1v) is 7.41. The first-order chi connectivity index (χ1) is 11.4. The van der Waals surface area contributed by atoms with Gasteiger partial charge in [0.1, 0.15) is 0 Å². The second-order valence-electron chi connectivity index (χ2n) is 5.60. The Hall–Kier alpha value is -2.89. The summed E-state index contributed by atoms with van der Waals surface area (Å²) in [7, 11) is 0. The van der Waals surface area contributed by atoms with Crippen molar-refractivity contribution in [1.82, 2.24) is 4.40 Å². The molecule has 0 unspecified atom stereocenters. The second-order valence-corrected chi connectivity index (χ2v) is 5.60. The van der Waals surface area contributed by atoms with E-state index in [0.29, 0.717) is 11.3 Å². The fraction of sp³-hybridized carbons (Fsp3) is 0.167. The molecule has 3 aromatic rings. The Kier molecular flexibility index (Phi) is 3.97. The van der Waals surface area contributed by atoms with Crippen LogP contribution < -0.4 is 5.32 Å². The Morgan fingerprint density at radius 3 is 2.62 bits per heavy atom. The van der Waals surface area contributed by atoms with Gasteiger partial charge in [-0.05, 0) is 29.8 Å². The van der Waals surface area contributed by atoms with Crippen LogP contribution in [0.5, 0.6) is 0 Å². The minimum Gasteiger partial charge on any atom is -0.476 e. The Morgan fingerprint density at radius 2 is 1.92 bits per heavy atom. The normalized spacial score (nSPS) is 11.6. The third kappa shape index (κ3) is 2.95. The van der Waals surface area contributed by atoms with Gasteiger partial charge in [0, 0.05) is 30.7 Å². The summed E-state index contributed by atoms with van der Waals surface area (Å²) in [6, 6.07) is 13.2. The van der Waals surface area contributed by atoms with E-state index in [-0.39, 0.29) is 17.8 Å². The van der Waals surface area contributed by atoms with Crippen molar-refractivity contribution in [3.63, 3.8) is 0 Å². The number of anilines is 1.